The molecule has 7 nitrogen and oxygen atoms in total. The molecule has 3 rings (SSSR count). The van der Waals surface area contributed by atoms with Gasteiger partial charge in [-0.05, 0) is 30.4 Å². The SMILES string of the molecule is O=C(NC(=S)Nc1cc([N+](=O)[O-])ccc1F)c1cc2ccccc2o1. The number of rotatable bonds is 3. The van der Waals surface area contributed by atoms with E-state index in [1.54, 1.807) is 30.3 Å². The number of fused-ring (bicyclic) bond motifs is 1. The second-order valence-corrected chi connectivity index (χ2v) is 5.39. The number of nitro groups is 1. The Morgan fingerprint density at radius 2 is 1.96 bits per heavy atom. The van der Waals surface area contributed by atoms with E-state index in [0.29, 0.717) is 5.58 Å². The van der Waals surface area contributed by atoms with Crippen LogP contribution in [0.2, 0.25) is 0 Å². The molecular formula is C16H10FN3O4S. The molecule has 126 valence electrons. The summed E-state index contributed by atoms with van der Waals surface area (Å²) in [7, 11) is 0. The lowest BCUT2D eigenvalue weighted by Crippen LogP contribution is -2.34. The minimum absolute atomic E-state index is 0.0323. The van der Waals surface area contributed by atoms with Crippen molar-refractivity contribution in [1.82, 2.24) is 5.32 Å². The van der Waals surface area contributed by atoms with Gasteiger partial charge in [-0.25, -0.2) is 4.39 Å². The number of anilines is 1. The molecule has 3 aromatic rings. The molecule has 0 saturated heterocycles. The van der Waals surface area contributed by atoms with Crippen molar-refractivity contribution in [2.24, 2.45) is 0 Å². The number of nitrogens with zero attached hydrogens (tertiary/aromatic N) is 1. The third kappa shape index (κ3) is 3.61. The quantitative estimate of drug-likeness (QED) is 0.421. The zero-order chi connectivity index (χ0) is 18.0. The molecule has 1 heterocycles. The van der Waals surface area contributed by atoms with Crippen LogP contribution >= 0.6 is 12.2 Å². The number of amides is 1. The van der Waals surface area contributed by atoms with Crippen LogP contribution < -0.4 is 10.6 Å². The molecule has 1 aromatic heterocycles. The molecule has 0 spiro atoms. The van der Waals surface area contributed by atoms with E-state index in [9.17, 15) is 19.3 Å². The van der Waals surface area contributed by atoms with Gasteiger partial charge in [0.2, 0.25) is 0 Å². The number of para-hydroxylation sites is 1. The molecule has 9 heteroatoms. The summed E-state index contributed by atoms with van der Waals surface area (Å²) in [5.41, 5.74) is 0.00988. The molecule has 1 amide bonds. The van der Waals surface area contributed by atoms with Crippen molar-refractivity contribution in [2.45, 2.75) is 0 Å². The van der Waals surface area contributed by atoms with Gasteiger partial charge < -0.3 is 9.73 Å². The number of hydrogen-bond donors (Lipinski definition) is 2. The summed E-state index contributed by atoms with van der Waals surface area (Å²) >= 11 is 4.94. The van der Waals surface area contributed by atoms with Gasteiger partial charge in [0.1, 0.15) is 11.4 Å². The summed E-state index contributed by atoms with van der Waals surface area (Å²) in [5.74, 6) is -1.34. The normalized spacial score (nSPS) is 10.4. The Hall–Kier alpha value is -3.33. The Bertz CT molecular complexity index is 969. The molecule has 0 fully saturated rings. The van der Waals surface area contributed by atoms with Crippen LogP contribution in [0.5, 0.6) is 0 Å². The minimum Gasteiger partial charge on any atom is -0.451 e. The van der Waals surface area contributed by atoms with Gasteiger partial charge in [0.05, 0.1) is 10.6 Å². The fourth-order valence-corrected chi connectivity index (χ4v) is 2.34. The summed E-state index contributed by atoms with van der Waals surface area (Å²) in [6.07, 6.45) is 0. The van der Waals surface area contributed by atoms with E-state index in [0.717, 1.165) is 23.6 Å². The van der Waals surface area contributed by atoms with Crippen molar-refractivity contribution >= 4 is 45.6 Å². The van der Waals surface area contributed by atoms with Crippen LogP contribution in [0.25, 0.3) is 11.0 Å². The third-order valence-corrected chi connectivity index (χ3v) is 3.49. The van der Waals surface area contributed by atoms with E-state index in [-0.39, 0.29) is 22.2 Å². The van der Waals surface area contributed by atoms with Gasteiger partial charge in [-0.15, -0.1) is 0 Å². The molecular weight excluding hydrogens is 349 g/mol. The minimum atomic E-state index is -0.745. The zero-order valence-corrected chi connectivity index (χ0v) is 13.3. The smallest absolute Gasteiger partial charge is 0.293 e. The summed E-state index contributed by atoms with van der Waals surface area (Å²) in [6.45, 7) is 0. The lowest BCUT2D eigenvalue weighted by atomic mass is 10.2. The van der Waals surface area contributed by atoms with Gasteiger partial charge in [-0.2, -0.15) is 0 Å². The number of carbonyl (C=O) groups is 1. The molecule has 0 bridgehead atoms. The topological polar surface area (TPSA) is 97.4 Å². The predicted octanol–water partition coefficient (Wildman–Crippen LogP) is 3.61. The maximum atomic E-state index is 13.7. The first kappa shape index (κ1) is 16.5. The number of carbonyl (C=O) groups excluding carboxylic acids is 1. The Balaban J connectivity index is 1.73. The Morgan fingerprint density at radius 1 is 1.20 bits per heavy atom. The second-order valence-electron chi connectivity index (χ2n) is 4.98. The van der Waals surface area contributed by atoms with Crippen LogP contribution in [-0.4, -0.2) is 15.9 Å². The van der Waals surface area contributed by atoms with Gasteiger partial charge in [-0.1, -0.05) is 18.2 Å². The van der Waals surface area contributed by atoms with Crippen molar-refractivity contribution in [2.75, 3.05) is 5.32 Å². The van der Waals surface area contributed by atoms with Crippen LogP contribution in [-0.2, 0) is 0 Å². The molecule has 0 unspecified atom stereocenters. The number of halogens is 1. The number of hydrogen-bond acceptors (Lipinski definition) is 5. The first-order valence-electron chi connectivity index (χ1n) is 6.99. The standard InChI is InChI=1S/C16H10FN3O4S/c17-11-6-5-10(20(22)23)8-12(11)18-16(25)19-15(21)14-7-9-3-1-2-4-13(9)24-14/h1-8H,(H2,18,19,21,25). The lowest BCUT2D eigenvalue weighted by Gasteiger charge is -2.09. The first-order valence-corrected chi connectivity index (χ1v) is 7.40. The molecule has 0 saturated carbocycles. The maximum Gasteiger partial charge on any atom is 0.293 e. The number of nitro benzene ring substituents is 1. The highest BCUT2D eigenvalue weighted by molar-refractivity contribution is 7.80. The summed E-state index contributed by atoms with van der Waals surface area (Å²) in [5, 5.41) is 16.0. The van der Waals surface area contributed by atoms with Gasteiger partial charge in [-0.3, -0.25) is 20.2 Å². The van der Waals surface area contributed by atoms with Crippen molar-refractivity contribution in [3.63, 3.8) is 0 Å². The number of nitrogens with one attached hydrogen (secondary N) is 2. The van der Waals surface area contributed by atoms with E-state index >= 15 is 0 Å². The summed E-state index contributed by atoms with van der Waals surface area (Å²) in [6, 6.07) is 11.5. The average molecular weight is 359 g/mol. The molecule has 0 aliphatic heterocycles. The average Bonchev–Trinajstić information content (AvgIpc) is 3.01. The van der Waals surface area contributed by atoms with Gasteiger partial charge in [0, 0.05) is 17.5 Å². The number of benzene rings is 2. The van der Waals surface area contributed by atoms with E-state index in [1.807, 2.05) is 0 Å². The van der Waals surface area contributed by atoms with Gasteiger partial charge in [0.15, 0.2) is 10.9 Å². The van der Waals surface area contributed by atoms with E-state index < -0.39 is 16.6 Å². The number of thiocarbonyl (C=S) groups is 1. The van der Waals surface area contributed by atoms with Crippen LogP contribution in [0.15, 0.2) is 52.9 Å². The maximum absolute atomic E-state index is 13.7. The van der Waals surface area contributed by atoms with E-state index in [4.69, 9.17) is 16.6 Å². The van der Waals surface area contributed by atoms with Crippen molar-refractivity contribution in [1.29, 1.82) is 0 Å². The van der Waals surface area contributed by atoms with Gasteiger partial charge >= 0.3 is 0 Å². The molecule has 2 aromatic carbocycles. The fraction of sp³-hybridized carbons (Fsp3) is 0. The monoisotopic (exact) mass is 359 g/mol. The predicted molar refractivity (Wildman–Crippen MR) is 93.0 cm³/mol. The van der Waals surface area contributed by atoms with Crippen molar-refractivity contribution < 1.29 is 18.5 Å². The van der Waals surface area contributed by atoms with Crippen LogP contribution in [0.4, 0.5) is 15.8 Å². The molecule has 0 radical (unpaired) electrons. The largest absolute Gasteiger partial charge is 0.451 e. The summed E-state index contributed by atoms with van der Waals surface area (Å²) < 4.78 is 19.1. The highest BCUT2D eigenvalue weighted by Gasteiger charge is 2.16. The van der Waals surface area contributed by atoms with Crippen LogP contribution in [0, 0.1) is 15.9 Å². The molecule has 0 aliphatic rings. The second kappa shape index (κ2) is 6.65. The summed E-state index contributed by atoms with van der Waals surface area (Å²) in [4.78, 5) is 22.2. The Labute approximate surface area is 145 Å². The molecule has 0 aliphatic carbocycles. The number of furan rings is 1. The van der Waals surface area contributed by atoms with Gasteiger partial charge in [0.25, 0.3) is 11.6 Å². The van der Waals surface area contributed by atoms with Crippen molar-refractivity contribution in [3.8, 4) is 0 Å². The molecule has 25 heavy (non-hydrogen) atoms. The fourth-order valence-electron chi connectivity index (χ4n) is 2.13. The van der Waals surface area contributed by atoms with Crippen LogP contribution in [0.1, 0.15) is 10.6 Å². The third-order valence-electron chi connectivity index (χ3n) is 3.29. The van der Waals surface area contributed by atoms with Crippen molar-refractivity contribution in [3.05, 3.63) is 70.2 Å². The lowest BCUT2D eigenvalue weighted by molar-refractivity contribution is -0.384. The highest BCUT2D eigenvalue weighted by atomic mass is 32.1. The number of non-ortho nitro benzene ring substituents is 1. The van der Waals surface area contributed by atoms with Crippen LogP contribution in [0.3, 0.4) is 0 Å². The Kier molecular flexibility index (Phi) is 4.40. The highest BCUT2D eigenvalue weighted by Crippen LogP contribution is 2.21. The first-order chi connectivity index (χ1) is 11.9. The Morgan fingerprint density at radius 3 is 2.68 bits per heavy atom. The molecule has 0 atom stereocenters. The molecule has 2 N–H and O–H groups in total. The van der Waals surface area contributed by atoms with E-state index in [1.165, 1.54) is 0 Å². The van der Waals surface area contributed by atoms with E-state index in [2.05, 4.69) is 10.6 Å². The zero-order valence-electron chi connectivity index (χ0n) is 12.5.